The molecule has 2 fully saturated rings. The minimum Gasteiger partial charge on any atom is -0.328 e. The molecule has 3 heterocycles. The van der Waals surface area contributed by atoms with E-state index in [2.05, 4.69) is 31.6 Å². The summed E-state index contributed by atoms with van der Waals surface area (Å²) in [6.45, 7) is 1.11. The van der Waals surface area contributed by atoms with Gasteiger partial charge >= 0.3 is 0 Å². The van der Waals surface area contributed by atoms with Gasteiger partial charge < -0.3 is 4.57 Å². The van der Waals surface area contributed by atoms with Crippen molar-refractivity contribution in [2.45, 2.75) is 31.3 Å². The molecule has 1 saturated heterocycles. The molecule has 2 aliphatic rings. The van der Waals surface area contributed by atoms with E-state index in [1.807, 2.05) is 30.7 Å². The third kappa shape index (κ3) is 2.03. The summed E-state index contributed by atoms with van der Waals surface area (Å²) < 4.78 is 2.34. The van der Waals surface area contributed by atoms with Crippen molar-refractivity contribution in [2.24, 2.45) is 5.92 Å². The Balaban J connectivity index is 1.62. The molecule has 1 saturated carbocycles. The first-order chi connectivity index (χ1) is 9.92. The molecule has 5 heteroatoms. The topological polar surface area (TPSA) is 54.8 Å². The van der Waals surface area contributed by atoms with Gasteiger partial charge in [-0.05, 0) is 37.3 Å². The molecule has 3 unspecified atom stereocenters. The van der Waals surface area contributed by atoms with Crippen LogP contribution in [-0.4, -0.2) is 27.1 Å². The van der Waals surface area contributed by atoms with E-state index in [4.69, 9.17) is 0 Å². The first-order valence-electron chi connectivity index (χ1n) is 7.33. The van der Waals surface area contributed by atoms with Crippen molar-refractivity contribution < 1.29 is 0 Å². The van der Waals surface area contributed by atoms with Crippen LogP contribution in [0.3, 0.4) is 0 Å². The van der Waals surface area contributed by atoms with Crippen LogP contribution < -0.4 is 10.9 Å². The summed E-state index contributed by atoms with van der Waals surface area (Å²) in [7, 11) is 0. The zero-order chi connectivity index (χ0) is 13.4. The Labute approximate surface area is 118 Å². The van der Waals surface area contributed by atoms with Crippen molar-refractivity contribution in [1.82, 2.24) is 25.4 Å². The lowest BCUT2D eigenvalue weighted by atomic mass is 9.83. The van der Waals surface area contributed by atoms with E-state index in [0.717, 1.165) is 23.9 Å². The molecule has 0 aromatic carbocycles. The molecule has 5 nitrogen and oxygen atoms in total. The van der Waals surface area contributed by atoms with Gasteiger partial charge in [0.1, 0.15) is 5.82 Å². The van der Waals surface area contributed by atoms with Crippen molar-refractivity contribution in [1.29, 1.82) is 0 Å². The highest BCUT2D eigenvalue weighted by molar-refractivity contribution is 5.54. The van der Waals surface area contributed by atoms with Crippen molar-refractivity contribution in [3.8, 4) is 11.4 Å². The average molecular weight is 269 g/mol. The maximum Gasteiger partial charge on any atom is 0.140 e. The molecular weight excluding hydrogens is 250 g/mol. The zero-order valence-electron chi connectivity index (χ0n) is 11.4. The van der Waals surface area contributed by atoms with E-state index >= 15 is 0 Å². The van der Waals surface area contributed by atoms with Gasteiger partial charge in [-0.15, -0.1) is 0 Å². The van der Waals surface area contributed by atoms with Gasteiger partial charge in [-0.25, -0.2) is 4.98 Å². The van der Waals surface area contributed by atoms with Gasteiger partial charge in [0.05, 0.1) is 0 Å². The summed E-state index contributed by atoms with van der Waals surface area (Å²) in [6, 6.07) is 5.19. The van der Waals surface area contributed by atoms with Crippen LogP contribution in [0.15, 0.2) is 36.9 Å². The van der Waals surface area contributed by atoms with Crippen LogP contribution in [-0.2, 0) is 0 Å². The predicted molar refractivity (Wildman–Crippen MR) is 76.8 cm³/mol. The molecule has 0 radical (unpaired) electrons. The standard InChI is InChI=1S/C15H19N5/c1-2-13(9-14-12(1)10-18-19-14)20-8-7-17-15(20)11-3-5-16-6-4-11/h3-8,12-14,18-19H,1-2,9-10H2. The van der Waals surface area contributed by atoms with Gasteiger partial charge in [0.25, 0.3) is 0 Å². The molecule has 20 heavy (non-hydrogen) atoms. The molecule has 2 aromatic heterocycles. The summed E-state index contributed by atoms with van der Waals surface area (Å²) in [5.74, 6) is 1.85. The second-order valence-electron chi connectivity index (χ2n) is 5.75. The fraction of sp³-hybridized carbons (Fsp3) is 0.467. The highest BCUT2D eigenvalue weighted by atomic mass is 15.4. The average Bonchev–Trinajstić information content (AvgIpc) is 3.16. The Hall–Kier alpha value is -1.72. The number of hydrazine groups is 1. The van der Waals surface area contributed by atoms with Crippen molar-refractivity contribution in [3.05, 3.63) is 36.9 Å². The fourth-order valence-electron chi connectivity index (χ4n) is 3.54. The Bertz CT molecular complexity index is 579. The zero-order valence-corrected chi connectivity index (χ0v) is 11.4. The SMILES string of the molecule is c1cc(-c2nccn2C2CCC3CNNC3C2)ccn1. The van der Waals surface area contributed by atoms with Gasteiger partial charge in [0.2, 0.25) is 0 Å². The van der Waals surface area contributed by atoms with Crippen LogP contribution in [0.5, 0.6) is 0 Å². The normalized spacial score (nSPS) is 29.3. The second-order valence-corrected chi connectivity index (χ2v) is 5.75. The van der Waals surface area contributed by atoms with E-state index in [9.17, 15) is 0 Å². The van der Waals surface area contributed by atoms with Gasteiger partial charge in [-0.1, -0.05) is 0 Å². The van der Waals surface area contributed by atoms with Gasteiger partial charge in [-0.2, -0.15) is 0 Å². The Morgan fingerprint density at radius 3 is 2.95 bits per heavy atom. The van der Waals surface area contributed by atoms with Gasteiger partial charge in [-0.3, -0.25) is 15.8 Å². The number of nitrogens with zero attached hydrogens (tertiary/aromatic N) is 3. The quantitative estimate of drug-likeness (QED) is 0.872. The van der Waals surface area contributed by atoms with Crippen LogP contribution in [0.1, 0.15) is 25.3 Å². The van der Waals surface area contributed by atoms with Crippen molar-refractivity contribution in [3.63, 3.8) is 0 Å². The summed E-state index contributed by atoms with van der Waals surface area (Å²) in [5, 5.41) is 0. The van der Waals surface area contributed by atoms with Crippen LogP contribution >= 0.6 is 0 Å². The van der Waals surface area contributed by atoms with E-state index in [1.165, 1.54) is 19.3 Å². The monoisotopic (exact) mass is 269 g/mol. The van der Waals surface area contributed by atoms with E-state index in [0.29, 0.717) is 12.1 Å². The minimum absolute atomic E-state index is 0.536. The summed E-state index contributed by atoms with van der Waals surface area (Å²) in [6.07, 6.45) is 11.4. The van der Waals surface area contributed by atoms with Crippen LogP contribution in [0, 0.1) is 5.92 Å². The number of fused-ring (bicyclic) bond motifs is 1. The van der Waals surface area contributed by atoms with Crippen LogP contribution in [0.2, 0.25) is 0 Å². The minimum atomic E-state index is 0.536. The van der Waals surface area contributed by atoms with E-state index in [-0.39, 0.29) is 0 Å². The molecular formula is C15H19N5. The Kier molecular flexibility index (Phi) is 3.01. The number of nitrogens with one attached hydrogen (secondary N) is 2. The lowest BCUT2D eigenvalue weighted by molar-refractivity contribution is 0.256. The second kappa shape index (κ2) is 5.00. The molecule has 104 valence electrons. The highest BCUT2D eigenvalue weighted by Gasteiger charge is 2.34. The molecule has 1 aliphatic heterocycles. The summed E-state index contributed by atoms with van der Waals surface area (Å²) in [5.41, 5.74) is 7.85. The molecule has 2 N–H and O–H groups in total. The van der Waals surface area contributed by atoms with Gasteiger partial charge in [0, 0.05) is 49.0 Å². The fourth-order valence-corrected chi connectivity index (χ4v) is 3.54. The molecule has 0 amide bonds. The smallest absolute Gasteiger partial charge is 0.140 e. The molecule has 3 atom stereocenters. The summed E-state index contributed by atoms with van der Waals surface area (Å²) >= 11 is 0. The van der Waals surface area contributed by atoms with Crippen molar-refractivity contribution in [2.75, 3.05) is 6.54 Å². The first-order valence-corrected chi connectivity index (χ1v) is 7.33. The third-order valence-electron chi connectivity index (χ3n) is 4.62. The number of hydrogen-bond donors (Lipinski definition) is 2. The number of aromatic nitrogens is 3. The number of pyridine rings is 1. The molecule has 4 rings (SSSR count). The lowest BCUT2D eigenvalue weighted by Crippen LogP contribution is -2.36. The van der Waals surface area contributed by atoms with Gasteiger partial charge in [0.15, 0.2) is 0 Å². The largest absolute Gasteiger partial charge is 0.328 e. The van der Waals surface area contributed by atoms with Crippen LogP contribution in [0.4, 0.5) is 0 Å². The Morgan fingerprint density at radius 2 is 2.05 bits per heavy atom. The highest BCUT2D eigenvalue weighted by Crippen LogP contribution is 2.35. The van der Waals surface area contributed by atoms with Crippen molar-refractivity contribution >= 4 is 0 Å². The van der Waals surface area contributed by atoms with E-state index in [1.54, 1.807) is 0 Å². The maximum absolute atomic E-state index is 4.55. The molecule has 2 aromatic rings. The number of imidazole rings is 1. The number of hydrogen-bond acceptors (Lipinski definition) is 4. The number of rotatable bonds is 2. The molecule has 0 spiro atoms. The summed E-state index contributed by atoms with van der Waals surface area (Å²) in [4.78, 5) is 8.63. The molecule has 1 aliphatic carbocycles. The van der Waals surface area contributed by atoms with Crippen LogP contribution in [0.25, 0.3) is 11.4 Å². The first kappa shape index (κ1) is 12.1. The lowest BCUT2D eigenvalue weighted by Gasteiger charge is -2.32. The Morgan fingerprint density at radius 1 is 1.15 bits per heavy atom. The molecule has 0 bridgehead atoms. The predicted octanol–water partition coefficient (Wildman–Crippen LogP) is 1.76. The van der Waals surface area contributed by atoms with E-state index < -0.39 is 0 Å². The third-order valence-corrected chi connectivity index (χ3v) is 4.62. The maximum atomic E-state index is 4.55.